The van der Waals surface area contributed by atoms with Crippen molar-refractivity contribution in [3.05, 3.63) is 76.1 Å². The van der Waals surface area contributed by atoms with E-state index in [1.54, 1.807) is 0 Å². The van der Waals surface area contributed by atoms with Crippen LogP contribution in [0.15, 0.2) is 42.2 Å². The number of carbonyl (C=O) groups is 1. The van der Waals surface area contributed by atoms with Crippen LogP contribution in [0.3, 0.4) is 0 Å². The summed E-state index contributed by atoms with van der Waals surface area (Å²) in [5.41, 5.74) is 9.62. The Balaban J connectivity index is 0.000000489. The van der Waals surface area contributed by atoms with E-state index in [1.807, 2.05) is 0 Å². The van der Waals surface area contributed by atoms with Crippen molar-refractivity contribution in [3.8, 4) is 11.3 Å². The van der Waals surface area contributed by atoms with Crippen LogP contribution in [0, 0.1) is 33.8 Å². The fourth-order valence-electron chi connectivity index (χ4n) is 3.29. The van der Waals surface area contributed by atoms with Gasteiger partial charge in [0.25, 0.3) is 0 Å². The second-order valence-corrected chi connectivity index (χ2v) is 7.55. The maximum Gasteiger partial charge on any atom is 0.155 e. The predicted molar refractivity (Wildman–Crippen MR) is 121 cm³/mol. The van der Waals surface area contributed by atoms with Crippen molar-refractivity contribution < 1.29 is 30.0 Å². The minimum absolute atomic E-state index is 0. The molecule has 0 bridgehead atoms. The maximum absolute atomic E-state index is 10.0. The van der Waals surface area contributed by atoms with Crippen LogP contribution >= 0.6 is 0 Å². The second-order valence-electron chi connectivity index (χ2n) is 7.55. The van der Waals surface area contributed by atoms with Gasteiger partial charge in [0.15, 0.2) is 5.78 Å². The van der Waals surface area contributed by atoms with Crippen LogP contribution < -0.4 is 0 Å². The van der Waals surface area contributed by atoms with Gasteiger partial charge in [-0.25, -0.2) is 0 Å². The predicted octanol–water partition coefficient (Wildman–Crippen LogP) is 6.53. The third-order valence-corrected chi connectivity index (χ3v) is 4.93. The molecule has 3 rings (SSSR count). The minimum Gasteiger partial charge on any atom is -0.512 e. The number of hydrogen-bond donors (Lipinski definition) is 1. The summed E-state index contributed by atoms with van der Waals surface area (Å²) in [6.45, 7) is 13.6. The van der Waals surface area contributed by atoms with Gasteiger partial charge < -0.3 is 5.11 Å². The van der Waals surface area contributed by atoms with E-state index in [0.717, 1.165) is 23.2 Å². The average Bonchev–Trinajstić information content (AvgIpc) is 2.63. The number of carbonyl (C=O) groups excluding carboxylic acids is 1. The van der Waals surface area contributed by atoms with Crippen LogP contribution in [0.4, 0.5) is 0 Å². The molecular formula is C26H30IrNO2-. The summed E-state index contributed by atoms with van der Waals surface area (Å²) >= 11 is 0. The Morgan fingerprint density at radius 2 is 1.70 bits per heavy atom. The number of aliphatic hydroxyl groups excluding tert-OH is 1. The van der Waals surface area contributed by atoms with Crippen LogP contribution in [0.1, 0.15) is 48.6 Å². The number of aromatic nitrogens is 1. The molecule has 30 heavy (non-hydrogen) atoms. The number of allylic oxidation sites excluding steroid dienone is 2. The van der Waals surface area contributed by atoms with Gasteiger partial charge in [-0.05, 0) is 61.5 Å². The maximum atomic E-state index is 10.0. The standard InChI is InChI=1S/C21H22N.C5H8O2.Ir/c1-6-17-12-18-7-8-20(22-21(18)11-15(17)4)19-10-14(3)13(2)9-16(19)5;1-4(6)3-5(2)7;/h7-9,11-12H,6H2,1-5H3;3,6H,1-2H3;/q-1;;/b;4-3-;. The summed E-state index contributed by atoms with van der Waals surface area (Å²) in [5, 5.41) is 9.58. The van der Waals surface area contributed by atoms with Crippen LogP contribution in [0.25, 0.3) is 22.2 Å². The number of aliphatic hydroxyl groups is 1. The Morgan fingerprint density at radius 1 is 1.03 bits per heavy atom. The molecule has 0 saturated heterocycles. The summed E-state index contributed by atoms with van der Waals surface area (Å²) in [6.07, 6.45) is 2.23. The number of aryl methyl sites for hydroxylation is 5. The van der Waals surface area contributed by atoms with Crippen molar-refractivity contribution in [2.45, 2.75) is 54.9 Å². The molecule has 1 radical (unpaired) electrons. The smallest absolute Gasteiger partial charge is 0.155 e. The van der Waals surface area contributed by atoms with Gasteiger partial charge in [0.05, 0.1) is 11.3 Å². The van der Waals surface area contributed by atoms with Gasteiger partial charge in [-0.2, -0.15) is 0 Å². The van der Waals surface area contributed by atoms with E-state index < -0.39 is 0 Å². The minimum atomic E-state index is -0.125. The SMILES string of the molecule is CC(=O)/C=C(/C)O.CCc1cc2ccc(-c3[c-]c(C)c(C)cc3C)nc2cc1C.[Ir]. The van der Waals surface area contributed by atoms with Crippen molar-refractivity contribution in [2.75, 3.05) is 0 Å². The van der Waals surface area contributed by atoms with E-state index in [-0.39, 0.29) is 31.6 Å². The van der Waals surface area contributed by atoms with Gasteiger partial charge in [0.2, 0.25) is 0 Å². The Kier molecular flexibility index (Phi) is 9.61. The Labute approximate surface area is 193 Å². The fraction of sp³-hybridized carbons (Fsp3) is 0.308. The monoisotopic (exact) mass is 581 g/mol. The van der Waals surface area contributed by atoms with Crippen LogP contribution in [-0.2, 0) is 31.3 Å². The first-order chi connectivity index (χ1) is 13.6. The van der Waals surface area contributed by atoms with Crippen LogP contribution in [0.2, 0.25) is 0 Å². The molecule has 1 heterocycles. The van der Waals surface area contributed by atoms with Gasteiger partial charge in [0.1, 0.15) is 0 Å². The molecular weight excluding hydrogens is 551 g/mol. The molecule has 0 saturated carbocycles. The summed E-state index contributed by atoms with van der Waals surface area (Å²) < 4.78 is 0. The first-order valence-electron chi connectivity index (χ1n) is 9.91. The van der Waals surface area contributed by atoms with Crippen molar-refractivity contribution in [1.82, 2.24) is 4.98 Å². The summed E-state index contributed by atoms with van der Waals surface area (Å²) in [6, 6.07) is 14.5. The number of fused-ring (bicyclic) bond motifs is 1. The van der Waals surface area contributed by atoms with Gasteiger partial charge >= 0.3 is 0 Å². The zero-order valence-electron chi connectivity index (χ0n) is 18.8. The van der Waals surface area contributed by atoms with Crippen molar-refractivity contribution >= 4 is 16.7 Å². The molecule has 1 N–H and O–H groups in total. The molecule has 4 heteroatoms. The molecule has 0 spiro atoms. The van der Waals surface area contributed by atoms with E-state index in [2.05, 4.69) is 71.0 Å². The van der Waals surface area contributed by atoms with Gasteiger partial charge in [-0.15, -0.1) is 34.4 Å². The molecule has 0 amide bonds. The Morgan fingerprint density at radius 3 is 2.23 bits per heavy atom. The molecule has 0 aliphatic rings. The molecule has 3 aromatic rings. The van der Waals surface area contributed by atoms with E-state index >= 15 is 0 Å². The largest absolute Gasteiger partial charge is 0.512 e. The van der Waals surface area contributed by atoms with Crippen molar-refractivity contribution in [3.63, 3.8) is 0 Å². The number of nitrogens with zero attached hydrogens (tertiary/aromatic N) is 1. The molecule has 0 fully saturated rings. The second kappa shape index (κ2) is 11.2. The van der Waals surface area contributed by atoms with E-state index in [1.165, 1.54) is 53.1 Å². The summed E-state index contributed by atoms with van der Waals surface area (Å²) in [4.78, 5) is 14.9. The molecule has 2 aromatic carbocycles. The summed E-state index contributed by atoms with van der Waals surface area (Å²) in [7, 11) is 0. The molecule has 0 aliphatic carbocycles. The molecule has 1 aromatic heterocycles. The zero-order chi connectivity index (χ0) is 21.7. The molecule has 3 nitrogen and oxygen atoms in total. The normalized spacial score (nSPS) is 10.8. The van der Waals surface area contributed by atoms with Crippen LogP contribution in [-0.4, -0.2) is 15.9 Å². The first kappa shape index (κ1) is 25.7. The van der Waals surface area contributed by atoms with Gasteiger partial charge in [-0.1, -0.05) is 39.8 Å². The van der Waals surface area contributed by atoms with Crippen molar-refractivity contribution in [2.24, 2.45) is 0 Å². The number of ketones is 1. The van der Waals surface area contributed by atoms with Gasteiger partial charge in [0, 0.05) is 26.2 Å². The topological polar surface area (TPSA) is 50.2 Å². The average molecular weight is 581 g/mol. The number of hydrogen-bond acceptors (Lipinski definition) is 3. The third-order valence-electron chi connectivity index (χ3n) is 4.93. The van der Waals surface area contributed by atoms with E-state index in [4.69, 9.17) is 10.1 Å². The number of pyridine rings is 1. The number of rotatable bonds is 3. The number of benzene rings is 2. The molecule has 0 atom stereocenters. The zero-order valence-corrected chi connectivity index (χ0v) is 21.2. The quantitative estimate of drug-likeness (QED) is 0.218. The fourth-order valence-corrected chi connectivity index (χ4v) is 3.29. The molecule has 0 unspecified atom stereocenters. The first-order valence-corrected chi connectivity index (χ1v) is 9.91. The van der Waals surface area contributed by atoms with Gasteiger partial charge in [-0.3, -0.25) is 9.78 Å². The third kappa shape index (κ3) is 6.62. The van der Waals surface area contributed by atoms with Crippen LogP contribution in [0.5, 0.6) is 0 Å². The van der Waals surface area contributed by atoms with Crippen molar-refractivity contribution in [1.29, 1.82) is 0 Å². The Hall–Kier alpha value is -2.29. The summed E-state index contributed by atoms with van der Waals surface area (Å²) in [5.74, 6) is -0.0625. The Bertz CT molecular complexity index is 1080. The molecule has 0 aliphatic heterocycles. The van der Waals surface area contributed by atoms with E-state index in [0.29, 0.717) is 0 Å². The van der Waals surface area contributed by atoms with E-state index in [9.17, 15) is 4.79 Å². The molecule has 161 valence electrons.